The molecule has 2 aromatic heterocycles. The fourth-order valence-corrected chi connectivity index (χ4v) is 1.92. The van der Waals surface area contributed by atoms with E-state index in [2.05, 4.69) is 15.3 Å². The summed E-state index contributed by atoms with van der Waals surface area (Å²) in [6.45, 7) is 0. The SMILES string of the molecule is O=C(O)c1nc(-n2nnc3ccccc32)ccc1Cl. The van der Waals surface area contributed by atoms with Crippen molar-refractivity contribution in [3.63, 3.8) is 0 Å². The molecule has 0 spiro atoms. The minimum absolute atomic E-state index is 0.0840. The Morgan fingerprint density at radius 3 is 2.79 bits per heavy atom. The highest BCUT2D eigenvalue weighted by Crippen LogP contribution is 2.19. The van der Waals surface area contributed by atoms with E-state index in [-0.39, 0.29) is 10.7 Å². The van der Waals surface area contributed by atoms with Crippen LogP contribution in [0, 0.1) is 0 Å². The van der Waals surface area contributed by atoms with Crippen LogP contribution >= 0.6 is 11.6 Å². The standard InChI is InChI=1S/C12H7ClN4O2/c13-7-5-6-10(14-11(7)12(18)19)17-9-4-2-1-3-8(9)15-16-17/h1-6H,(H,18,19). The molecule has 3 aromatic rings. The summed E-state index contributed by atoms with van der Waals surface area (Å²) in [6.07, 6.45) is 0. The number of halogens is 1. The second-order valence-electron chi connectivity index (χ2n) is 3.79. The highest BCUT2D eigenvalue weighted by molar-refractivity contribution is 6.33. The van der Waals surface area contributed by atoms with E-state index in [1.165, 1.54) is 10.7 Å². The van der Waals surface area contributed by atoms with Gasteiger partial charge in [0.25, 0.3) is 0 Å². The van der Waals surface area contributed by atoms with Crippen LogP contribution in [0.25, 0.3) is 16.9 Å². The normalized spacial score (nSPS) is 10.8. The molecule has 0 fully saturated rings. The maximum Gasteiger partial charge on any atom is 0.356 e. The van der Waals surface area contributed by atoms with Gasteiger partial charge < -0.3 is 5.11 Å². The second-order valence-corrected chi connectivity index (χ2v) is 4.20. The van der Waals surface area contributed by atoms with Gasteiger partial charge in [0.15, 0.2) is 11.5 Å². The number of hydrogen-bond acceptors (Lipinski definition) is 4. The molecule has 3 rings (SSSR count). The molecule has 0 aliphatic rings. The van der Waals surface area contributed by atoms with Crippen molar-refractivity contribution in [3.8, 4) is 5.82 Å². The van der Waals surface area contributed by atoms with Gasteiger partial charge in [-0.2, -0.15) is 4.68 Å². The van der Waals surface area contributed by atoms with Gasteiger partial charge in [0.2, 0.25) is 0 Å². The zero-order valence-electron chi connectivity index (χ0n) is 9.49. The molecule has 0 atom stereocenters. The van der Waals surface area contributed by atoms with Gasteiger partial charge in [-0.1, -0.05) is 28.9 Å². The number of carboxylic acid groups (broad SMARTS) is 1. The fourth-order valence-electron chi connectivity index (χ4n) is 1.74. The van der Waals surface area contributed by atoms with Gasteiger partial charge in [0.1, 0.15) is 5.52 Å². The summed E-state index contributed by atoms with van der Waals surface area (Å²) in [6, 6.07) is 10.4. The number of benzene rings is 1. The van der Waals surface area contributed by atoms with Crippen molar-refractivity contribution in [3.05, 3.63) is 47.1 Å². The molecule has 94 valence electrons. The number of aromatic carboxylic acids is 1. The minimum Gasteiger partial charge on any atom is -0.476 e. The quantitative estimate of drug-likeness (QED) is 0.774. The lowest BCUT2D eigenvalue weighted by atomic mass is 10.3. The molecule has 0 radical (unpaired) electrons. The zero-order chi connectivity index (χ0) is 13.4. The number of fused-ring (bicyclic) bond motifs is 1. The average Bonchev–Trinajstić information content (AvgIpc) is 2.83. The molecular weight excluding hydrogens is 268 g/mol. The third kappa shape index (κ3) is 1.92. The second kappa shape index (κ2) is 4.33. The largest absolute Gasteiger partial charge is 0.476 e. The van der Waals surface area contributed by atoms with Crippen LogP contribution in [0.3, 0.4) is 0 Å². The fraction of sp³-hybridized carbons (Fsp3) is 0. The van der Waals surface area contributed by atoms with Crippen LogP contribution in [0.5, 0.6) is 0 Å². The van der Waals surface area contributed by atoms with Crippen LogP contribution in [0.4, 0.5) is 0 Å². The lowest BCUT2D eigenvalue weighted by molar-refractivity contribution is 0.0690. The zero-order valence-corrected chi connectivity index (χ0v) is 10.2. The molecule has 0 aliphatic carbocycles. The van der Waals surface area contributed by atoms with Crippen LogP contribution in [0.1, 0.15) is 10.5 Å². The Morgan fingerprint density at radius 1 is 1.21 bits per heavy atom. The topological polar surface area (TPSA) is 80.9 Å². The van der Waals surface area contributed by atoms with Crippen molar-refractivity contribution >= 4 is 28.6 Å². The molecule has 0 amide bonds. The molecule has 0 unspecified atom stereocenters. The first-order valence-electron chi connectivity index (χ1n) is 5.37. The third-order valence-corrected chi connectivity index (χ3v) is 2.91. The molecule has 0 aliphatic heterocycles. The van der Waals surface area contributed by atoms with Crippen molar-refractivity contribution in [2.75, 3.05) is 0 Å². The number of aromatic nitrogens is 4. The molecule has 1 N–H and O–H groups in total. The summed E-state index contributed by atoms with van der Waals surface area (Å²) < 4.78 is 1.47. The highest BCUT2D eigenvalue weighted by atomic mass is 35.5. The van der Waals surface area contributed by atoms with Crippen LogP contribution in [0.15, 0.2) is 36.4 Å². The van der Waals surface area contributed by atoms with E-state index in [1.54, 1.807) is 6.07 Å². The predicted octanol–water partition coefficient (Wildman–Crippen LogP) is 2.17. The lowest BCUT2D eigenvalue weighted by Crippen LogP contribution is -2.07. The summed E-state index contributed by atoms with van der Waals surface area (Å²) in [5, 5.41) is 17.0. The van der Waals surface area contributed by atoms with E-state index >= 15 is 0 Å². The van der Waals surface area contributed by atoms with Crippen LogP contribution in [0.2, 0.25) is 5.02 Å². The van der Waals surface area contributed by atoms with Crippen LogP contribution in [-0.2, 0) is 0 Å². The summed E-state index contributed by atoms with van der Waals surface area (Å²) in [7, 11) is 0. The molecular formula is C12H7ClN4O2. The van der Waals surface area contributed by atoms with E-state index in [0.717, 1.165) is 5.52 Å². The number of pyridine rings is 1. The average molecular weight is 275 g/mol. The molecule has 19 heavy (non-hydrogen) atoms. The molecule has 2 heterocycles. The number of carbonyl (C=O) groups is 1. The first-order valence-corrected chi connectivity index (χ1v) is 5.75. The Bertz CT molecular complexity index is 784. The first kappa shape index (κ1) is 11.6. The van der Waals surface area contributed by atoms with Gasteiger partial charge in [-0.15, -0.1) is 5.10 Å². The summed E-state index contributed by atoms with van der Waals surface area (Å²) in [5.41, 5.74) is 1.24. The molecule has 6 nitrogen and oxygen atoms in total. The van der Waals surface area contributed by atoms with E-state index < -0.39 is 5.97 Å². The number of hydrogen-bond donors (Lipinski definition) is 1. The Morgan fingerprint density at radius 2 is 2.00 bits per heavy atom. The van der Waals surface area contributed by atoms with Crippen molar-refractivity contribution in [1.82, 2.24) is 20.0 Å². The Hall–Kier alpha value is -2.47. The molecule has 1 aromatic carbocycles. The van der Waals surface area contributed by atoms with Gasteiger partial charge in [-0.3, -0.25) is 0 Å². The first-order chi connectivity index (χ1) is 9.16. The summed E-state index contributed by atoms with van der Waals surface area (Å²) in [5.74, 6) is -0.827. The van der Waals surface area contributed by atoms with Crippen molar-refractivity contribution < 1.29 is 9.90 Å². The van der Waals surface area contributed by atoms with E-state index in [4.69, 9.17) is 16.7 Å². The van der Waals surface area contributed by atoms with Gasteiger partial charge >= 0.3 is 5.97 Å². The molecule has 7 heteroatoms. The molecule has 0 saturated carbocycles. The molecule has 0 bridgehead atoms. The van der Waals surface area contributed by atoms with Gasteiger partial charge in [-0.05, 0) is 24.3 Å². The van der Waals surface area contributed by atoms with E-state index in [1.807, 2.05) is 24.3 Å². The van der Waals surface area contributed by atoms with E-state index in [9.17, 15) is 4.79 Å². The Balaban J connectivity index is 2.22. The van der Waals surface area contributed by atoms with Crippen LogP contribution < -0.4 is 0 Å². The molecule has 0 saturated heterocycles. The van der Waals surface area contributed by atoms with Crippen molar-refractivity contribution in [2.45, 2.75) is 0 Å². The monoisotopic (exact) mass is 274 g/mol. The van der Waals surface area contributed by atoms with Crippen molar-refractivity contribution in [2.24, 2.45) is 0 Å². The van der Waals surface area contributed by atoms with Crippen LogP contribution in [-0.4, -0.2) is 31.1 Å². The predicted molar refractivity (Wildman–Crippen MR) is 68.6 cm³/mol. The highest BCUT2D eigenvalue weighted by Gasteiger charge is 2.14. The number of para-hydroxylation sites is 1. The van der Waals surface area contributed by atoms with E-state index in [0.29, 0.717) is 11.3 Å². The van der Waals surface area contributed by atoms with Gasteiger partial charge in [-0.25, -0.2) is 9.78 Å². The summed E-state index contributed by atoms with van der Waals surface area (Å²) >= 11 is 5.78. The maximum atomic E-state index is 11.0. The number of nitrogens with zero attached hydrogens (tertiary/aromatic N) is 4. The maximum absolute atomic E-state index is 11.0. The summed E-state index contributed by atoms with van der Waals surface area (Å²) in [4.78, 5) is 15.0. The Labute approximate surface area is 112 Å². The lowest BCUT2D eigenvalue weighted by Gasteiger charge is -2.03. The van der Waals surface area contributed by atoms with Gasteiger partial charge in [0, 0.05) is 0 Å². The Kier molecular flexibility index (Phi) is 2.64. The number of rotatable bonds is 2. The minimum atomic E-state index is -1.18. The number of carboxylic acids is 1. The van der Waals surface area contributed by atoms with Gasteiger partial charge in [0.05, 0.1) is 10.5 Å². The third-order valence-electron chi connectivity index (χ3n) is 2.60. The van der Waals surface area contributed by atoms with Crippen molar-refractivity contribution in [1.29, 1.82) is 0 Å². The smallest absolute Gasteiger partial charge is 0.356 e.